The second kappa shape index (κ2) is 10.9. The van der Waals surface area contributed by atoms with Crippen LogP contribution in [0.2, 0.25) is 10.0 Å². The maximum Gasteiger partial charge on any atom is 0.315 e. The summed E-state index contributed by atoms with van der Waals surface area (Å²) in [4.78, 5) is 38.6. The van der Waals surface area contributed by atoms with Crippen molar-refractivity contribution >= 4 is 41.0 Å². The second-order valence-electron chi connectivity index (χ2n) is 7.91. The molecule has 2 aliphatic rings. The zero-order valence-electron chi connectivity index (χ0n) is 16.9. The maximum absolute atomic E-state index is 12.4. The van der Waals surface area contributed by atoms with Gasteiger partial charge in [0.25, 0.3) is 5.91 Å². The number of nitrogens with zero attached hydrogens (tertiary/aromatic N) is 1. The van der Waals surface area contributed by atoms with Gasteiger partial charge in [0.15, 0.2) is 0 Å². The standard InChI is InChI=1S/C21H28Cl2N4O3/c22-14-6-7-17(18(23)12-14)20(29)24-13-19(28)27-10-8-16(9-11-27)26-21(30)25-15-4-2-1-3-5-15/h6-7,12,15-16H,1-5,8-11,13H2,(H,24,29)(H2,25,26,30). The van der Waals surface area contributed by atoms with Gasteiger partial charge in [-0.3, -0.25) is 9.59 Å². The van der Waals surface area contributed by atoms with Crippen LogP contribution in [0, 0.1) is 0 Å². The van der Waals surface area contributed by atoms with Crippen molar-refractivity contribution in [1.29, 1.82) is 0 Å². The van der Waals surface area contributed by atoms with Gasteiger partial charge in [0, 0.05) is 30.2 Å². The molecule has 0 spiro atoms. The lowest BCUT2D eigenvalue weighted by Crippen LogP contribution is -2.52. The summed E-state index contributed by atoms with van der Waals surface area (Å²) in [5, 5.41) is 9.37. The molecule has 1 aliphatic heterocycles. The van der Waals surface area contributed by atoms with Crippen molar-refractivity contribution in [2.45, 2.75) is 57.0 Å². The summed E-state index contributed by atoms with van der Waals surface area (Å²) in [5.41, 5.74) is 0.278. The van der Waals surface area contributed by atoms with E-state index in [0.29, 0.717) is 31.0 Å². The first-order valence-electron chi connectivity index (χ1n) is 10.5. The number of hydrogen-bond donors (Lipinski definition) is 3. The highest BCUT2D eigenvalue weighted by atomic mass is 35.5. The molecule has 3 N–H and O–H groups in total. The molecule has 164 valence electrons. The number of amides is 4. The van der Waals surface area contributed by atoms with Gasteiger partial charge >= 0.3 is 6.03 Å². The summed E-state index contributed by atoms with van der Waals surface area (Å²) in [5.74, 6) is -0.570. The summed E-state index contributed by atoms with van der Waals surface area (Å²) >= 11 is 11.9. The smallest absolute Gasteiger partial charge is 0.315 e. The molecule has 1 aliphatic carbocycles. The van der Waals surface area contributed by atoms with E-state index in [2.05, 4.69) is 16.0 Å². The Labute approximate surface area is 186 Å². The van der Waals surface area contributed by atoms with E-state index in [4.69, 9.17) is 23.2 Å². The Morgan fingerprint density at radius 1 is 0.933 bits per heavy atom. The monoisotopic (exact) mass is 454 g/mol. The fraction of sp³-hybridized carbons (Fsp3) is 0.571. The molecule has 1 saturated carbocycles. The molecule has 7 nitrogen and oxygen atoms in total. The van der Waals surface area contributed by atoms with Crippen molar-refractivity contribution in [2.75, 3.05) is 19.6 Å². The molecular weight excluding hydrogens is 427 g/mol. The number of halogens is 2. The van der Waals surface area contributed by atoms with E-state index < -0.39 is 5.91 Å². The lowest BCUT2D eigenvalue weighted by molar-refractivity contribution is -0.131. The zero-order chi connectivity index (χ0) is 21.5. The number of nitrogens with one attached hydrogen (secondary N) is 3. The molecule has 1 heterocycles. The molecule has 0 radical (unpaired) electrons. The predicted molar refractivity (Wildman–Crippen MR) is 117 cm³/mol. The summed E-state index contributed by atoms with van der Waals surface area (Å²) in [6, 6.07) is 4.81. The first-order chi connectivity index (χ1) is 14.4. The maximum atomic E-state index is 12.4. The minimum Gasteiger partial charge on any atom is -0.343 e. The van der Waals surface area contributed by atoms with Gasteiger partial charge in [-0.1, -0.05) is 42.5 Å². The molecule has 2 fully saturated rings. The lowest BCUT2D eigenvalue weighted by Gasteiger charge is -2.33. The summed E-state index contributed by atoms with van der Waals surface area (Å²) in [7, 11) is 0. The quantitative estimate of drug-likeness (QED) is 0.636. The van der Waals surface area contributed by atoms with Crippen LogP contribution in [0.3, 0.4) is 0 Å². The molecule has 0 aromatic heterocycles. The predicted octanol–water partition coefficient (Wildman–Crippen LogP) is 3.35. The second-order valence-corrected chi connectivity index (χ2v) is 8.76. The van der Waals surface area contributed by atoms with Gasteiger partial charge < -0.3 is 20.9 Å². The van der Waals surface area contributed by atoms with Crippen LogP contribution >= 0.6 is 23.2 Å². The Hall–Kier alpha value is -1.99. The number of urea groups is 1. The van der Waals surface area contributed by atoms with Gasteiger partial charge in [0.05, 0.1) is 17.1 Å². The molecule has 9 heteroatoms. The fourth-order valence-corrected chi connectivity index (χ4v) is 4.46. The minimum absolute atomic E-state index is 0.0557. The molecule has 0 atom stereocenters. The number of hydrogen-bond acceptors (Lipinski definition) is 3. The number of benzene rings is 1. The Kier molecular flexibility index (Phi) is 8.22. The Morgan fingerprint density at radius 3 is 2.20 bits per heavy atom. The third kappa shape index (κ3) is 6.51. The Morgan fingerprint density at radius 2 is 1.57 bits per heavy atom. The molecule has 0 unspecified atom stereocenters. The van der Waals surface area contributed by atoms with E-state index in [1.807, 2.05) is 0 Å². The van der Waals surface area contributed by atoms with Crippen molar-refractivity contribution in [1.82, 2.24) is 20.9 Å². The normalized spacial score (nSPS) is 18.0. The Bertz CT molecular complexity index is 776. The minimum atomic E-state index is -0.416. The van der Waals surface area contributed by atoms with E-state index in [0.717, 1.165) is 12.8 Å². The fourth-order valence-electron chi connectivity index (χ4n) is 3.97. The molecule has 1 aromatic carbocycles. The van der Waals surface area contributed by atoms with Crippen molar-refractivity contribution in [3.05, 3.63) is 33.8 Å². The van der Waals surface area contributed by atoms with E-state index in [-0.39, 0.29) is 41.2 Å². The van der Waals surface area contributed by atoms with Crippen LogP contribution in [0.25, 0.3) is 0 Å². The van der Waals surface area contributed by atoms with Crippen LogP contribution in [0.1, 0.15) is 55.3 Å². The van der Waals surface area contributed by atoms with Crippen LogP contribution in [0.5, 0.6) is 0 Å². The molecule has 4 amide bonds. The van der Waals surface area contributed by atoms with Crippen LogP contribution in [0.15, 0.2) is 18.2 Å². The van der Waals surface area contributed by atoms with E-state index >= 15 is 0 Å². The highest BCUT2D eigenvalue weighted by molar-refractivity contribution is 6.36. The topological polar surface area (TPSA) is 90.5 Å². The van der Waals surface area contributed by atoms with Gasteiger partial charge in [-0.05, 0) is 43.9 Å². The van der Waals surface area contributed by atoms with Crippen molar-refractivity contribution in [3.8, 4) is 0 Å². The summed E-state index contributed by atoms with van der Waals surface area (Å²) in [6.07, 6.45) is 7.08. The molecule has 1 saturated heterocycles. The average molecular weight is 455 g/mol. The molecule has 30 heavy (non-hydrogen) atoms. The van der Waals surface area contributed by atoms with Crippen LogP contribution in [-0.4, -0.2) is 54.5 Å². The number of likely N-dealkylation sites (tertiary alicyclic amines) is 1. The number of carbonyl (C=O) groups is 3. The molecular formula is C21H28Cl2N4O3. The average Bonchev–Trinajstić information content (AvgIpc) is 2.73. The third-order valence-electron chi connectivity index (χ3n) is 5.70. The number of rotatable bonds is 5. The first kappa shape index (κ1) is 22.7. The van der Waals surface area contributed by atoms with Gasteiger partial charge in [-0.25, -0.2) is 4.79 Å². The molecule has 1 aromatic rings. The van der Waals surface area contributed by atoms with Crippen molar-refractivity contribution in [2.24, 2.45) is 0 Å². The van der Waals surface area contributed by atoms with E-state index in [1.54, 1.807) is 11.0 Å². The largest absolute Gasteiger partial charge is 0.343 e. The summed E-state index contributed by atoms with van der Waals surface area (Å²) < 4.78 is 0. The molecule has 3 rings (SSSR count). The van der Waals surface area contributed by atoms with Crippen LogP contribution in [0.4, 0.5) is 4.79 Å². The zero-order valence-corrected chi connectivity index (χ0v) is 18.4. The van der Waals surface area contributed by atoms with Gasteiger partial charge in [0.2, 0.25) is 5.91 Å². The SMILES string of the molecule is O=C(NC1CCCCC1)NC1CCN(C(=O)CNC(=O)c2ccc(Cl)cc2Cl)CC1. The third-order valence-corrected chi connectivity index (χ3v) is 6.25. The van der Waals surface area contributed by atoms with Gasteiger partial charge in [0.1, 0.15) is 0 Å². The highest BCUT2D eigenvalue weighted by Crippen LogP contribution is 2.21. The van der Waals surface area contributed by atoms with Crippen molar-refractivity contribution < 1.29 is 14.4 Å². The van der Waals surface area contributed by atoms with Gasteiger partial charge in [-0.2, -0.15) is 0 Å². The van der Waals surface area contributed by atoms with Crippen molar-refractivity contribution in [3.63, 3.8) is 0 Å². The van der Waals surface area contributed by atoms with E-state index in [1.165, 1.54) is 31.4 Å². The van der Waals surface area contributed by atoms with Crippen LogP contribution in [-0.2, 0) is 4.79 Å². The highest BCUT2D eigenvalue weighted by Gasteiger charge is 2.25. The summed E-state index contributed by atoms with van der Waals surface area (Å²) in [6.45, 7) is 0.994. The van der Waals surface area contributed by atoms with E-state index in [9.17, 15) is 14.4 Å². The molecule has 0 bridgehead atoms. The van der Waals surface area contributed by atoms with Crippen LogP contribution < -0.4 is 16.0 Å². The van der Waals surface area contributed by atoms with Gasteiger partial charge in [-0.15, -0.1) is 0 Å². The first-order valence-corrected chi connectivity index (χ1v) is 11.3. The number of piperidine rings is 1. The lowest BCUT2D eigenvalue weighted by atomic mass is 9.96. The number of carbonyl (C=O) groups excluding carboxylic acids is 3. The Balaban J connectivity index is 1.37.